The third-order valence-corrected chi connectivity index (χ3v) is 5.21. The molecule has 0 spiro atoms. The molecule has 0 aliphatic heterocycles. The normalized spacial score (nSPS) is 10.9. The fourth-order valence-corrected chi connectivity index (χ4v) is 2.85. The zero-order chi connectivity index (χ0) is 18.6. The van der Waals surface area contributed by atoms with Gasteiger partial charge in [-0.1, -0.05) is 0 Å². The quantitative estimate of drug-likeness (QED) is 0.362. The van der Waals surface area contributed by atoms with Crippen molar-refractivity contribution < 1.29 is 19.5 Å². The molecule has 7 nitrogen and oxygen atoms in total. The van der Waals surface area contributed by atoms with Crippen molar-refractivity contribution in [2.45, 2.75) is 6.92 Å². The Morgan fingerprint density at radius 3 is 2.64 bits per heavy atom. The summed E-state index contributed by atoms with van der Waals surface area (Å²) in [5.74, 6) is 0.576. The number of nitro groups is 1. The van der Waals surface area contributed by atoms with Crippen LogP contribution in [0.1, 0.15) is 12.5 Å². The first-order chi connectivity index (χ1) is 11.9. The van der Waals surface area contributed by atoms with E-state index in [-0.39, 0.29) is 17.1 Å². The van der Waals surface area contributed by atoms with Crippen molar-refractivity contribution in [3.8, 4) is 17.2 Å². The maximum atomic E-state index is 10.9. The molecule has 0 atom stereocenters. The van der Waals surface area contributed by atoms with Gasteiger partial charge in [0, 0.05) is 27.3 Å². The summed E-state index contributed by atoms with van der Waals surface area (Å²) in [5, 5.41) is 21.3. The number of halogens is 2. The van der Waals surface area contributed by atoms with Gasteiger partial charge in [0.05, 0.1) is 24.2 Å². The minimum absolute atomic E-state index is 0.0925. The van der Waals surface area contributed by atoms with Crippen LogP contribution in [0.15, 0.2) is 38.2 Å². The molecule has 0 radical (unpaired) electrons. The van der Waals surface area contributed by atoms with Gasteiger partial charge in [-0.05, 0) is 50.9 Å². The summed E-state index contributed by atoms with van der Waals surface area (Å²) in [4.78, 5) is 14.7. The van der Waals surface area contributed by atoms with E-state index in [1.54, 1.807) is 13.0 Å². The number of nitrogens with zero attached hydrogens (tertiary/aromatic N) is 2. The molecular weight excluding hydrogens is 460 g/mol. The second kappa shape index (κ2) is 8.30. The summed E-state index contributed by atoms with van der Waals surface area (Å²) in [6.07, 6.45) is 1.38. The molecule has 0 unspecified atom stereocenters. The number of nitro benzene ring substituents is 1. The lowest BCUT2D eigenvalue weighted by Crippen LogP contribution is -1.96. The first-order valence-corrected chi connectivity index (χ1v) is 8.67. The van der Waals surface area contributed by atoms with Gasteiger partial charge in [0.25, 0.3) is 5.69 Å². The van der Waals surface area contributed by atoms with E-state index in [0.717, 1.165) is 0 Å². The van der Waals surface area contributed by atoms with E-state index in [2.05, 4.69) is 36.9 Å². The summed E-state index contributed by atoms with van der Waals surface area (Å²) in [7, 11) is 1.44. The fraction of sp³-hybridized carbons (Fsp3) is 0.188. The lowest BCUT2D eigenvalue weighted by atomic mass is 10.2. The van der Waals surface area contributed by atoms with E-state index in [1.807, 2.05) is 0 Å². The zero-order valence-corrected chi connectivity index (χ0v) is 16.5. The Labute approximate surface area is 160 Å². The molecular formula is C16H14Br2N2O5. The third kappa shape index (κ3) is 4.29. The number of benzene rings is 2. The minimum Gasteiger partial charge on any atom is -0.504 e. The highest BCUT2D eigenvalue weighted by atomic mass is 79.9. The van der Waals surface area contributed by atoms with Crippen LogP contribution in [0.2, 0.25) is 0 Å². The van der Waals surface area contributed by atoms with E-state index in [9.17, 15) is 15.2 Å². The molecule has 0 aromatic heterocycles. The monoisotopic (exact) mass is 472 g/mol. The molecule has 2 rings (SSSR count). The van der Waals surface area contributed by atoms with Crippen LogP contribution in [0.25, 0.3) is 0 Å². The standard InChI is InChI=1S/C16H14Br2N2O5/c1-3-25-14-7-11(17)15(18)10(16(14)21)8-19-12-6-9(20(22)23)4-5-13(12)24-2/h4-8,21H,3H2,1-2H3. The largest absolute Gasteiger partial charge is 0.504 e. The van der Waals surface area contributed by atoms with Crippen molar-refractivity contribution in [1.82, 2.24) is 0 Å². The smallest absolute Gasteiger partial charge is 0.271 e. The van der Waals surface area contributed by atoms with Gasteiger partial charge in [-0.25, -0.2) is 0 Å². The molecule has 0 heterocycles. The Morgan fingerprint density at radius 2 is 2.04 bits per heavy atom. The maximum absolute atomic E-state index is 10.9. The van der Waals surface area contributed by atoms with Crippen molar-refractivity contribution in [2.75, 3.05) is 13.7 Å². The molecule has 0 saturated heterocycles. The van der Waals surface area contributed by atoms with Crippen LogP contribution in [-0.4, -0.2) is 30.0 Å². The van der Waals surface area contributed by atoms with Crippen molar-refractivity contribution in [2.24, 2.45) is 4.99 Å². The Hall–Kier alpha value is -2.13. The Bertz CT molecular complexity index is 840. The van der Waals surface area contributed by atoms with Crippen molar-refractivity contribution in [3.05, 3.63) is 48.9 Å². The van der Waals surface area contributed by atoms with E-state index in [4.69, 9.17) is 9.47 Å². The van der Waals surface area contributed by atoms with Crippen molar-refractivity contribution >= 4 is 49.4 Å². The van der Waals surface area contributed by atoms with Crippen LogP contribution in [0, 0.1) is 10.1 Å². The van der Waals surface area contributed by atoms with Crippen LogP contribution in [0.4, 0.5) is 11.4 Å². The number of non-ortho nitro benzene ring substituents is 1. The molecule has 0 aliphatic rings. The second-order valence-corrected chi connectivity index (χ2v) is 6.38. The average molecular weight is 474 g/mol. The van der Waals surface area contributed by atoms with Crippen molar-refractivity contribution in [3.63, 3.8) is 0 Å². The molecule has 9 heteroatoms. The SMILES string of the molecule is CCOc1cc(Br)c(Br)c(C=Nc2cc([N+](=O)[O-])ccc2OC)c1O. The Morgan fingerprint density at radius 1 is 1.32 bits per heavy atom. The highest BCUT2D eigenvalue weighted by molar-refractivity contribution is 9.13. The van der Waals surface area contributed by atoms with Gasteiger partial charge in [-0.2, -0.15) is 0 Å². The molecule has 0 fully saturated rings. The van der Waals surface area contributed by atoms with E-state index >= 15 is 0 Å². The molecule has 1 N–H and O–H groups in total. The molecule has 0 aliphatic carbocycles. The molecule has 2 aromatic rings. The predicted octanol–water partition coefficient (Wildman–Crippen LogP) is 4.98. The first-order valence-electron chi connectivity index (χ1n) is 7.09. The molecule has 0 saturated carbocycles. The van der Waals surface area contributed by atoms with E-state index < -0.39 is 4.92 Å². The van der Waals surface area contributed by atoms with Crippen LogP contribution in [0.5, 0.6) is 17.2 Å². The van der Waals surface area contributed by atoms with Gasteiger partial charge in [-0.3, -0.25) is 15.1 Å². The molecule has 25 heavy (non-hydrogen) atoms. The molecule has 132 valence electrons. The third-order valence-electron chi connectivity index (χ3n) is 3.20. The summed E-state index contributed by atoms with van der Waals surface area (Å²) >= 11 is 6.74. The number of hydrogen-bond donors (Lipinski definition) is 1. The predicted molar refractivity (Wildman–Crippen MR) is 102 cm³/mol. The average Bonchev–Trinajstić information content (AvgIpc) is 2.59. The van der Waals surface area contributed by atoms with Gasteiger partial charge in [0.15, 0.2) is 11.5 Å². The van der Waals surface area contributed by atoms with Crippen LogP contribution in [-0.2, 0) is 0 Å². The lowest BCUT2D eigenvalue weighted by molar-refractivity contribution is -0.384. The number of ether oxygens (including phenoxy) is 2. The lowest BCUT2D eigenvalue weighted by Gasteiger charge is -2.11. The van der Waals surface area contributed by atoms with Crippen LogP contribution in [0.3, 0.4) is 0 Å². The van der Waals surface area contributed by atoms with Gasteiger partial charge < -0.3 is 14.6 Å². The minimum atomic E-state index is -0.516. The number of phenolic OH excluding ortho intramolecular Hbond substituents is 1. The second-order valence-electron chi connectivity index (χ2n) is 4.74. The van der Waals surface area contributed by atoms with Gasteiger partial charge in [-0.15, -0.1) is 0 Å². The number of hydrogen-bond acceptors (Lipinski definition) is 6. The summed E-state index contributed by atoms with van der Waals surface area (Å²) < 4.78 is 11.8. The first kappa shape index (κ1) is 19.2. The molecule has 0 amide bonds. The highest BCUT2D eigenvalue weighted by Gasteiger charge is 2.16. The van der Waals surface area contributed by atoms with Gasteiger partial charge in [0.1, 0.15) is 11.4 Å². The molecule has 0 bridgehead atoms. The number of aromatic hydroxyl groups is 1. The molecule has 2 aromatic carbocycles. The highest BCUT2D eigenvalue weighted by Crippen LogP contribution is 2.40. The Balaban J connectivity index is 2.52. The van der Waals surface area contributed by atoms with E-state index in [1.165, 1.54) is 31.5 Å². The summed E-state index contributed by atoms with van der Waals surface area (Å²) in [6.45, 7) is 2.19. The number of rotatable bonds is 6. The maximum Gasteiger partial charge on any atom is 0.271 e. The van der Waals surface area contributed by atoms with E-state index in [0.29, 0.717) is 32.6 Å². The summed E-state index contributed by atoms with van der Waals surface area (Å²) in [6, 6.07) is 5.72. The van der Waals surface area contributed by atoms with Crippen molar-refractivity contribution in [1.29, 1.82) is 0 Å². The number of phenols is 1. The van der Waals surface area contributed by atoms with Crippen LogP contribution < -0.4 is 9.47 Å². The fourth-order valence-electron chi connectivity index (χ4n) is 2.02. The summed E-state index contributed by atoms with van der Waals surface area (Å²) in [5.41, 5.74) is 0.521. The van der Waals surface area contributed by atoms with Gasteiger partial charge in [0.2, 0.25) is 0 Å². The zero-order valence-electron chi connectivity index (χ0n) is 13.3. The number of methoxy groups -OCH3 is 1. The van der Waals surface area contributed by atoms with Crippen LogP contribution >= 0.6 is 31.9 Å². The Kier molecular flexibility index (Phi) is 6.38. The topological polar surface area (TPSA) is 94.2 Å². The van der Waals surface area contributed by atoms with Gasteiger partial charge >= 0.3 is 0 Å². The number of aliphatic imine (C=N–C) groups is 1.